The summed E-state index contributed by atoms with van der Waals surface area (Å²) in [4.78, 5) is 26.8. The molecule has 0 radical (unpaired) electrons. The van der Waals surface area contributed by atoms with Crippen LogP contribution >= 0.6 is 0 Å². The topological polar surface area (TPSA) is 92.4 Å². The number of nitrogens with one attached hydrogen (secondary N) is 1. The molecule has 2 aromatic heterocycles. The molecule has 1 saturated heterocycles. The number of amides is 1. The molecule has 4 heterocycles. The maximum atomic E-state index is 12.4. The zero-order valence-corrected chi connectivity index (χ0v) is 14.7. The van der Waals surface area contributed by atoms with Crippen LogP contribution in [-0.4, -0.2) is 56.5 Å². The van der Waals surface area contributed by atoms with Gasteiger partial charge < -0.3 is 15.0 Å². The Labute approximate surface area is 151 Å². The van der Waals surface area contributed by atoms with Crippen molar-refractivity contribution in [1.29, 1.82) is 0 Å². The highest BCUT2D eigenvalue weighted by molar-refractivity contribution is 5.91. The molecule has 1 fully saturated rings. The Balaban J connectivity index is 1.50. The van der Waals surface area contributed by atoms with Gasteiger partial charge in [0.05, 0.1) is 19.2 Å². The number of fused-ring (bicyclic) bond motifs is 4. The smallest absolute Gasteiger partial charge is 0.251 e. The highest BCUT2D eigenvalue weighted by atomic mass is 16.3. The lowest BCUT2D eigenvalue weighted by Gasteiger charge is -2.46. The second-order valence-corrected chi connectivity index (χ2v) is 7.22. The first-order chi connectivity index (χ1) is 12.5. The van der Waals surface area contributed by atoms with Gasteiger partial charge >= 0.3 is 0 Å². The summed E-state index contributed by atoms with van der Waals surface area (Å²) in [6.45, 7) is 1.63. The van der Waals surface area contributed by atoms with E-state index in [0.29, 0.717) is 12.4 Å². The Hall–Kier alpha value is -2.45. The molecule has 2 aromatic rings. The fourth-order valence-electron chi connectivity index (χ4n) is 4.37. The lowest BCUT2D eigenvalue weighted by molar-refractivity contribution is -0.118. The van der Waals surface area contributed by atoms with E-state index in [1.54, 1.807) is 40.7 Å². The highest BCUT2D eigenvalue weighted by Gasteiger charge is 2.40. The number of piperidine rings is 1. The number of rotatable bonds is 4. The fraction of sp³-hybridized carbons (Fsp3) is 0.500. The third-order valence-electron chi connectivity index (χ3n) is 5.41. The molecule has 0 spiro atoms. The van der Waals surface area contributed by atoms with Gasteiger partial charge in [-0.05, 0) is 18.4 Å². The van der Waals surface area contributed by atoms with Gasteiger partial charge in [0.2, 0.25) is 5.91 Å². The first kappa shape index (κ1) is 17.0. The van der Waals surface area contributed by atoms with E-state index in [4.69, 9.17) is 0 Å². The number of hydrogen-bond acceptors (Lipinski definition) is 5. The number of nitrogens with zero attached hydrogens (tertiary/aromatic N) is 4. The summed E-state index contributed by atoms with van der Waals surface area (Å²) >= 11 is 0. The normalized spacial score (nSPS) is 24.9. The molecule has 0 aromatic carbocycles. The molecule has 2 aliphatic rings. The van der Waals surface area contributed by atoms with Gasteiger partial charge in [-0.1, -0.05) is 6.07 Å². The standard InChI is InChI=1S/C18H23N5O3/c1-21-6-5-16(20-21)19-17(25)10-22-8-12-7-13(9-22)15(11-24)23-14(12)3-2-4-18(23)26/h2-6,12-13,15,24H,7-11H2,1H3,(H,19,20,25)/t12-,13+,15+/m1/s1. The Bertz CT molecular complexity index is 874. The molecular weight excluding hydrogens is 334 g/mol. The Morgan fingerprint density at radius 3 is 2.92 bits per heavy atom. The third-order valence-corrected chi connectivity index (χ3v) is 5.41. The van der Waals surface area contributed by atoms with Crippen molar-refractivity contribution >= 4 is 11.7 Å². The summed E-state index contributed by atoms with van der Waals surface area (Å²) in [5.41, 5.74) is 0.903. The minimum absolute atomic E-state index is 0.0578. The van der Waals surface area contributed by atoms with Crippen molar-refractivity contribution in [3.05, 3.63) is 46.5 Å². The minimum Gasteiger partial charge on any atom is -0.394 e. The van der Waals surface area contributed by atoms with Gasteiger partial charge in [0.15, 0.2) is 5.82 Å². The summed E-state index contributed by atoms with van der Waals surface area (Å²) in [7, 11) is 1.80. The molecule has 0 saturated carbocycles. The van der Waals surface area contributed by atoms with E-state index in [-0.39, 0.29) is 42.5 Å². The molecule has 0 aliphatic carbocycles. The molecular formula is C18H23N5O3. The first-order valence-electron chi connectivity index (χ1n) is 8.89. The third kappa shape index (κ3) is 3.06. The fourth-order valence-corrected chi connectivity index (χ4v) is 4.37. The summed E-state index contributed by atoms with van der Waals surface area (Å²) < 4.78 is 3.39. The lowest BCUT2D eigenvalue weighted by atomic mass is 9.78. The van der Waals surface area contributed by atoms with Crippen LogP contribution in [0.5, 0.6) is 0 Å². The van der Waals surface area contributed by atoms with Gasteiger partial charge in [-0.15, -0.1) is 0 Å². The summed E-state index contributed by atoms with van der Waals surface area (Å²) in [6.07, 6.45) is 2.72. The van der Waals surface area contributed by atoms with E-state index >= 15 is 0 Å². The van der Waals surface area contributed by atoms with Crippen molar-refractivity contribution < 1.29 is 9.90 Å². The molecule has 2 aliphatic heterocycles. The van der Waals surface area contributed by atoms with Crippen molar-refractivity contribution in [3.8, 4) is 0 Å². The van der Waals surface area contributed by atoms with Crippen LogP contribution < -0.4 is 10.9 Å². The molecule has 4 rings (SSSR count). The number of aryl methyl sites for hydroxylation is 1. The van der Waals surface area contributed by atoms with Gasteiger partial charge in [-0.25, -0.2) is 0 Å². The van der Waals surface area contributed by atoms with Crippen LogP contribution in [-0.2, 0) is 11.8 Å². The number of carbonyl (C=O) groups excluding carboxylic acids is 1. The van der Waals surface area contributed by atoms with E-state index in [2.05, 4.69) is 15.3 Å². The summed E-state index contributed by atoms with van der Waals surface area (Å²) in [5, 5.41) is 16.8. The molecule has 138 valence electrons. The van der Waals surface area contributed by atoms with Crippen molar-refractivity contribution in [3.63, 3.8) is 0 Å². The molecule has 8 nitrogen and oxygen atoms in total. The van der Waals surface area contributed by atoms with Crippen molar-refractivity contribution in [2.24, 2.45) is 13.0 Å². The lowest BCUT2D eigenvalue weighted by Crippen LogP contribution is -2.51. The van der Waals surface area contributed by atoms with Crippen molar-refractivity contribution in [2.45, 2.75) is 18.4 Å². The van der Waals surface area contributed by atoms with Crippen LogP contribution in [0, 0.1) is 5.92 Å². The number of aliphatic hydroxyl groups is 1. The van der Waals surface area contributed by atoms with E-state index in [1.807, 2.05) is 6.07 Å². The second kappa shape index (κ2) is 6.69. The Morgan fingerprint density at radius 2 is 2.19 bits per heavy atom. The zero-order valence-electron chi connectivity index (χ0n) is 14.7. The Morgan fingerprint density at radius 1 is 1.35 bits per heavy atom. The molecule has 3 atom stereocenters. The Kier molecular flexibility index (Phi) is 4.37. The SMILES string of the molecule is Cn1ccc(NC(=O)CN2C[C@H]3C[C@@H](C2)[C@H](CO)n2c3cccc2=O)n1. The summed E-state index contributed by atoms with van der Waals surface area (Å²) in [6, 6.07) is 6.81. The largest absolute Gasteiger partial charge is 0.394 e. The summed E-state index contributed by atoms with van der Waals surface area (Å²) in [5.74, 6) is 0.802. The van der Waals surface area contributed by atoms with Gasteiger partial charge in [0.1, 0.15) is 0 Å². The van der Waals surface area contributed by atoms with Crippen LogP contribution in [0.2, 0.25) is 0 Å². The van der Waals surface area contributed by atoms with Crippen molar-refractivity contribution in [1.82, 2.24) is 19.2 Å². The van der Waals surface area contributed by atoms with Gasteiger partial charge in [0, 0.05) is 50.1 Å². The van der Waals surface area contributed by atoms with E-state index < -0.39 is 0 Å². The number of carbonyl (C=O) groups is 1. The monoisotopic (exact) mass is 357 g/mol. The quantitative estimate of drug-likeness (QED) is 0.814. The van der Waals surface area contributed by atoms with Crippen LogP contribution in [0.25, 0.3) is 0 Å². The molecule has 26 heavy (non-hydrogen) atoms. The second-order valence-electron chi connectivity index (χ2n) is 7.22. The minimum atomic E-state index is -0.225. The number of likely N-dealkylation sites (tertiary alicyclic amines) is 1. The van der Waals surface area contributed by atoms with Crippen molar-refractivity contribution in [2.75, 3.05) is 31.6 Å². The zero-order chi connectivity index (χ0) is 18.3. The van der Waals surface area contributed by atoms with Crippen LogP contribution in [0.3, 0.4) is 0 Å². The first-order valence-corrected chi connectivity index (χ1v) is 8.89. The molecule has 2 N–H and O–H groups in total. The number of aliphatic hydroxyl groups excluding tert-OH is 1. The van der Waals surface area contributed by atoms with Gasteiger partial charge in [-0.3, -0.25) is 19.2 Å². The number of hydrogen-bond donors (Lipinski definition) is 2. The molecule has 1 amide bonds. The van der Waals surface area contributed by atoms with E-state index in [1.165, 1.54) is 0 Å². The molecule has 0 unspecified atom stereocenters. The highest BCUT2D eigenvalue weighted by Crippen LogP contribution is 2.40. The maximum Gasteiger partial charge on any atom is 0.251 e. The van der Waals surface area contributed by atoms with Gasteiger partial charge in [-0.2, -0.15) is 5.10 Å². The van der Waals surface area contributed by atoms with Crippen LogP contribution in [0.15, 0.2) is 35.3 Å². The predicted molar refractivity (Wildman–Crippen MR) is 96.0 cm³/mol. The maximum absolute atomic E-state index is 12.4. The number of pyridine rings is 1. The number of anilines is 1. The van der Waals surface area contributed by atoms with Crippen LogP contribution in [0.1, 0.15) is 24.1 Å². The number of aromatic nitrogens is 3. The predicted octanol–water partition coefficient (Wildman–Crippen LogP) is 0.173. The van der Waals surface area contributed by atoms with Crippen LogP contribution in [0.4, 0.5) is 5.82 Å². The van der Waals surface area contributed by atoms with E-state index in [0.717, 1.165) is 18.7 Å². The van der Waals surface area contributed by atoms with Gasteiger partial charge in [0.25, 0.3) is 5.56 Å². The molecule has 2 bridgehead atoms. The average molecular weight is 357 g/mol. The van der Waals surface area contributed by atoms with E-state index in [9.17, 15) is 14.7 Å². The molecule has 8 heteroatoms. The average Bonchev–Trinajstić information content (AvgIpc) is 3.00.